The van der Waals surface area contributed by atoms with Crippen molar-refractivity contribution < 1.29 is 8.78 Å². The van der Waals surface area contributed by atoms with E-state index in [0.29, 0.717) is 5.25 Å². The van der Waals surface area contributed by atoms with Crippen molar-refractivity contribution in [2.24, 2.45) is 0 Å². The van der Waals surface area contributed by atoms with E-state index in [1.54, 1.807) is 0 Å². The quantitative estimate of drug-likeness (QED) is 0.850. The molecule has 1 heterocycles. The summed E-state index contributed by atoms with van der Waals surface area (Å²) in [6, 6.07) is 4.11. The maximum Gasteiger partial charge on any atom is 0.149 e. The number of halogens is 2. The molecule has 1 aliphatic heterocycles. The van der Waals surface area contributed by atoms with Gasteiger partial charge in [0.05, 0.1) is 0 Å². The second kappa shape index (κ2) is 5.04. The summed E-state index contributed by atoms with van der Waals surface area (Å²) in [6.07, 6.45) is 2.07. The molecule has 0 aromatic heterocycles. The fourth-order valence-electron chi connectivity index (χ4n) is 1.93. The van der Waals surface area contributed by atoms with Crippen LogP contribution in [0.3, 0.4) is 0 Å². The first-order valence-corrected chi connectivity index (χ1v) is 6.55. The SMILES string of the molecule is CC1SCCCC1Nc1c(F)cccc1F. The number of rotatable bonds is 2. The van der Waals surface area contributed by atoms with Crippen LogP contribution in [0.4, 0.5) is 14.5 Å². The Morgan fingerprint density at radius 2 is 2.00 bits per heavy atom. The lowest BCUT2D eigenvalue weighted by Gasteiger charge is -2.30. The Balaban J connectivity index is 2.13. The molecule has 88 valence electrons. The van der Waals surface area contributed by atoms with Gasteiger partial charge in [-0.1, -0.05) is 13.0 Å². The smallest absolute Gasteiger partial charge is 0.149 e. The molecule has 1 saturated heterocycles. The van der Waals surface area contributed by atoms with E-state index in [9.17, 15) is 8.78 Å². The first kappa shape index (κ1) is 11.7. The van der Waals surface area contributed by atoms with Crippen LogP contribution in [0.5, 0.6) is 0 Å². The van der Waals surface area contributed by atoms with Crippen molar-refractivity contribution in [3.8, 4) is 0 Å². The van der Waals surface area contributed by atoms with Crippen LogP contribution in [-0.2, 0) is 0 Å². The summed E-state index contributed by atoms with van der Waals surface area (Å²) < 4.78 is 26.8. The van der Waals surface area contributed by atoms with E-state index < -0.39 is 11.6 Å². The van der Waals surface area contributed by atoms with Crippen LogP contribution in [0.1, 0.15) is 19.8 Å². The van der Waals surface area contributed by atoms with Crippen molar-refractivity contribution in [1.29, 1.82) is 0 Å². The fourth-order valence-corrected chi connectivity index (χ4v) is 3.08. The highest BCUT2D eigenvalue weighted by molar-refractivity contribution is 8.00. The Hall–Kier alpha value is -0.770. The zero-order chi connectivity index (χ0) is 11.5. The van der Waals surface area contributed by atoms with Crippen LogP contribution in [0.2, 0.25) is 0 Å². The molecule has 2 unspecified atom stereocenters. The third-order valence-electron chi connectivity index (χ3n) is 2.90. The third-order valence-corrected chi connectivity index (χ3v) is 4.28. The second-order valence-electron chi connectivity index (χ2n) is 4.07. The molecule has 0 radical (unpaired) electrons. The van der Waals surface area contributed by atoms with E-state index in [1.807, 2.05) is 11.8 Å². The van der Waals surface area contributed by atoms with Crippen molar-refractivity contribution in [2.45, 2.75) is 31.1 Å². The lowest BCUT2D eigenvalue weighted by molar-refractivity contribution is 0.566. The van der Waals surface area contributed by atoms with Crippen molar-refractivity contribution in [3.05, 3.63) is 29.8 Å². The van der Waals surface area contributed by atoms with Gasteiger partial charge in [0, 0.05) is 11.3 Å². The Morgan fingerprint density at radius 1 is 1.31 bits per heavy atom. The van der Waals surface area contributed by atoms with Crippen LogP contribution in [0, 0.1) is 11.6 Å². The highest BCUT2D eigenvalue weighted by atomic mass is 32.2. The number of thioether (sulfide) groups is 1. The third kappa shape index (κ3) is 2.48. The van der Waals surface area contributed by atoms with Gasteiger partial charge in [-0.3, -0.25) is 0 Å². The Labute approximate surface area is 98.6 Å². The predicted molar refractivity (Wildman–Crippen MR) is 64.9 cm³/mol. The Bertz CT molecular complexity index is 350. The molecule has 2 rings (SSSR count). The lowest BCUT2D eigenvalue weighted by atomic mass is 10.1. The summed E-state index contributed by atoms with van der Waals surface area (Å²) in [5.41, 5.74) is 0.0156. The van der Waals surface area contributed by atoms with Gasteiger partial charge < -0.3 is 5.32 Å². The zero-order valence-electron chi connectivity index (χ0n) is 9.17. The van der Waals surface area contributed by atoms with Crippen molar-refractivity contribution in [3.63, 3.8) is 0 Å². The summed E-state index contributed by atoms with van der Waals surface area (Å²) in [5.74, 6) is 0.115. The average molecular weight is 243 g/mol. The minimum absolute atomic E-state index is 0.0156. The molecule has 1 fully saturated rings. The average Bonchev–Trinajstić information content (AvgIpc) is 2.26. The maximum atomic E-state index is 13.4. The topological polar surface area (TPSA) is 12.0 Å². The number of hydrogen-bond donors (Lipinski definition) is 1. The second-order valence-corrected chi connectivity index (χ2v) is 5.55. The molecule has 0 spiro atoms. The van der Waals surface area contributed by atoms with Crippen LogP contribution in [0.15, 0.2) is 18.2 Å². The normalized spacial score (nSPS) is 25.4. The van der Waals surface area contributed by atoms with E-state index in [-0.39, 0.29) is 11.7 Å². The summed E-state index contributed by atoms with van der Waals surface area (Å²) in [7, 11) is 0. The molecule has 4 heteroatoms. The summed E-state index contributed by atoms with van der Waals surface area (Å²) in [4.78, 5) is 0. The van der Waals surface area contributed by atoms with Gasteiger partial charge in [0.15, 0.2) is 0 Å². The highest BCUT2D eigenvalue weighted by Gasteiger charge is 2.23. The van der Waals surface area contributed by atoms with Crippen LogP contribution < -0.4 is 5.32 Å². The Morgan fingerprint density at radius 3 is 2.62 bits per heavy atom. The van der Waals surface area contributed by atoms with Gasteiger partial charge >= 0.3 is 0 Å². The standard InChI is InChI=1S/C12H15F2NS/c1-8-11(6-3-7-16-8)15-12-9(13)4-2-5-10(12)14/h2,4-5,8,11,15H,3,6-7H2,1H3. The molecular weight excluding hydrogens is 228 g/mol. The van der Waals surface area contributed by atoms with Gasteiger partial charge in [-0.05, 0) is 30.7 Å². The van der Waals surface area contributed by atoms with E-state index in [2.05, 4.69) is 12.2 Å². The van der Waals surface area contributed by atoms with Gasteiger partial charge in [-0.15, -0.1) is 0 Å². The number of nitrogens with one attached hydrogen (secondary N) is 1. The van der Waals surface area contributed by atoms with E-state index in [1.165, 1.54) is 18.2 Å². The summed E-state index contributed by atoms with van der Waals surface area (Å²) >= 11 is 1.85. The van der Waals surface area contributed by atoms with E-state index in [4.69, 9.17) is 0 Å². The molecule has 2 atom stereocenters. The minimum atomic E-state index is -0.511. The van der Waals surface area contributed by atoms with Crippen molar-refractivity contribution in [1.82, 2.24) is 0 Å². The molecule has 1 aromatic carbocycles. The molecule has 0 bridgehead atoms. The molecule has 0 saturated carbocycles. The number of anilines is 1. The molecule has 1 aromatic rings. The number of benzene rings is 1. The molecule has 1 nitrogen and oxygen atoms in total. The first-order chi connectivity index (χ1) is 7.68. The summed E-state index contributed by atoms with van der Waals surface area (Å²) in [6.45, 7) is 2.10. The van der Waals surface area contributed by atoms with Crippen molar-refractivity contribution >= 4 is 17.4 Å². The van der Waals surface area contributed by atoms with Crippen LogP contribution in [-0.4, -0.2) is 17.0 Å². The maximum absolute atomic E-state index is 13.4. The monoisotopic (exact) mass is 243 g/mol. The van der Waals surface area contributed by atoms with Gasteiger partial charge in [-0.2, -0.15) is 11.8 Å². The van der Waals surface area contributed by atoms with Gasteiger partial charge in [0.25, 0.3) is 0 Å². The zero-order valence-corrected chi connectivity index (χ0v) is 9.99. The minimum Gasteiger partial charge on any atom is -0.376 e. The molecule has 0 aliphatic carbocycles. The number of para-hydroxylation sites is 1. The van der Waals surface area contributed by atoms with Gasteiger partial charge in [0.2, 0.25) is 0 Å². The van der Waals surface area contributed by atoms with Gasteiger partial charge in [0.1, 0.15) is 17.3 Å². The highest BCUT2D eigenvalue weighted by Crippen LogP contribution is 2.29. The van der Waals surface area contributed by atoms with Crippen LogP contribution in [0.25, 0.3) is 0 Å². The summed E-state index contributed by atoms with van der Waals surface area (Å²) in [5, 5.41) is 3.39. The molecule has 1 N–H and O–H groups in total. The fraction of sp³-hybridized carbons (Fsp3) is 0.500. The Kier molecular flexibility index (Phi) is 3.69. The lowest BCUT2D eigenvalue weighted by Crippen LogP contribution is -2.33. The molecule has 0 amide bonds. The van der Waals surface area contributed by atoms with Crippen LogP contribution >= 0.6 is 11.8 Å². The predicted octanol–water partition coefficient (Wildman–Crippen LogP) is 3.66. The number of hydrogen-bond acceptors (Lipinski definition) is 2. The first-order valence-electron chi connectivity index (χ1n) is 5.50. The largest absolute Gasteiger partial charge is 0.376 e. The van der Waals surface area contributed by atoms with E-state index in [0.717, 1.165) is 18.6 Å². The van der Waals surface area contributed by atoms with Gasteiger partial charge in [-0.25, -0.2) is 8.78 Å². The van der Waals surface area contributed by atoms with E-state index >= 15 is 0 Å². The molecule has 1 aliphatic rings. The van der Waals surface area contributed by atoms with Crippen molar-refractivity contribution in [2.75, 3.05) is 11.1 Å². The molecule has 16 heavy (non-hydrogen) atoms. The molecular formula is C12H15F2NS.